The minimum Gasteiger partial charge on any atom is -0.466 e. The van der Waals surface area contributed by atoms with Crippen molar-refractivity contribution in [3.05, 3.63) is 108 Å². The van der Waals surface area contributed by atoms with Crippen molar-refractivity contribution in [2.24, 2.45) is 0 Å². The molecule has 0 amide bonds. The van der Waals surface area contributed by atoms with Gasteiger partial charge in [0, 0.05) is 4.75 Å². The zero-order chi connectivity index (χ0) is 26.9. The predicted molar refractivity (Wildman–Crippen MR) is 144 cm³/mol. The molecule has 0 aromatic heterocycles. The molecule has 194 valence electrons. The Morgan fingerprint density at radius 3 is 1.57 bits per heavy atom. The van der Waals surface area contributed by atoms with Gasteiger partial charge >= 0.3 is 11.9 Å². The van der Waals surface area contributed by atoms with Crippen LogP contribution in [-0.4, -0.2) is 41.6 Å². The molecule has 0 fully saturated rings. The fourth-order valence-corrected chi connectivity index (χ4v) is 4.82. The van der Waals surface area contributed by atoms with E-state index in [0.717, 1.165) is 28.5 Å². The summed E-state index contributed by atoms with van der Waals surface area (Å²) in [5, 5.41) is -0.339. The maximum Gasteiger partial charge on any atom is 0.349 e. The van der Waals surface area contributed by atoms with E-state index in [1.807, 2.05) is 112 Å². The van der Waals surface area contributed by atoms with Gasteiger partial charge in [-0.25, -0.2) is 4.79 Å². The fraction of sp³-hybridized carbons (Fsp3) is 0.300. The van der Waals surface area contributed by atoms with Crippen molar-refractivity contribution < 1.29 is 28.6 Å². The Labute approximate surface area is 222 Å². The highest BCUT2D eigenvalue weighted by Crippen LogP contribution is 2.40. The minimum atomic E-state index is -1.36. The highest BCUT2D eigenvalue weighted by Gasteiger charge is 2.39. The molecule has 7 heteroatoms. The van der Waals surface area contributed by atoms with Crippen LogP contribution in [0.1, 0.15) is 43.9 Å². The van der Waals surface area contributed by atoms with E-state index in [2.05, 4.69) is 0 Å². The number of benzene rings is 3. The van der Waals surface area contributed by atoms with Gasteiger partial charge in [0.05, 0.1) is 13.7 Å². The molecule has 6 nitrogen and oxygen atoms in total. The fourth-order valence-electron chi connectivity index (χ4n) is 3.95. The van der Waals surface area contributed by atoms with Crippen LogP contribution < -0.4 is 0 Å². The molecule has 0 N–H and O–H groups in total. The van der Waals surface area contributed by atoms with E-state index >= 15 is 0 Å². The topological polar surface area (TPSA) is 78.9 Å². The van der Waals surface area contributed by atoms with Crippen molar-refractivity contribution >= 4 is 28.8 Å². The summed E-state index contributed by atoms with van der Waals surface area (Å²) < 4.78 is 16.6. The second-order valence-corrected chi connectivity index (χ2v) is 11.2. The first-order chi connectivity index (χ1) is 17.7. The molecule has 0 heterocycles. The van der Waals surface area contributed by atoms with Gasteiger partial charge in [0.2, 0.25) is 11.2 Å². The normalized spacial score (nSPS) is 12.4. The first kappa shape index (κ1) is 28.2. The van der Waals surface area contributed by atoms with Gasteiger partial charge in [-0.1, -0.05) is 124 Å². The van der Waals surface area contributed by atoms with Gasteiger partial charge in [0.25, 0.3) is 0 Å². The number of ether oxygens (including phenoxy) is 3. The Morgan fingerprint density at radius 1 is 0.757 bits per heavy atom. The monoisotopic (exact) mass is 520 g/mol. The summed E-state index contributed by atoms with van der Waals surface area (Å²) in [5.74, 6) is -1.59. The van der Waals surface area contributed by atoms with Crippen molar-refractivity contribution in [2.75, 3.05) is 13.7 Å². The van der Waals surface area contributed by atoms with Crippen LogP contribution in [0.3, 0.4) is 0 Å². The summed E-state index contributed by atoms with van der Waals surface area (Å²) in [6, 6.07) is 28.9. The van der Waals surface area contributed by atoms with E-state index in [1.54, 1.807) is 0 Å². The van der Waals surface area contributed by atoms with E-state index in [4.69, 9.17) is 14.2 Å². The number of esters is 2. The van der Waals surface area contributed by atoms with Crippen molar-refractivity contribution in [1.82, 2.24) is 0 Å². The van der Waals surface area contributed by atoms with Gasteiger partial charge in [-0.3, -0.25) is 9.59 Å². The number of rotatable bonds is 10. The van der Waals surface area contributed by atoms with Crippen molar-refractivity contribution in [1.29, 1.82) is 0 Å². The maximum absolute atomic E-state index is 12.6. The molecule has 3 aromatic carbocycles. The zero-order valence-corrected chi connectivity index (χ0v) is 22.3. The summed E-state index contributed by atoms with van der Waals surface area (Å²) in [4.78, 5) is 37.5. The quantitative estimate of drug-likeness (QED) is 0.198. The number of hydrogen-bond acceptors (Lipinski definition) is 7. The Balaban J connectivity index is 1.95. The van der Waals surface area contributed by atoms with Gasteiger partial charge in [0.1, 0.15) is 12.0 Å². The van der Waals surface area contributed by atoms with Crippen molar-refractivity contribution in [2.45, 2.75) is 43.6 Å². The summed E-state index contributed by atoms with van der Waals surface area (Å²) >= 11 is 1.05. The van der Waals surface area contributed by atoms with Crippen LogP contribution in [0.4, 0.5) is 0 Å². The lowest BCUT2D eigenvalue weighted by Crippen LogP contribution is -2.40. The molecule has 0 radical (unpaired) electrons. The second-order valence-electron chi connectivity index (χ2n) is 9.36. The van der Waals surface area contributed by atoms with Crippen LogP contribution in [0, 0.1) is 0 Å². The molecule has 3 aromatic rings. The maximum atomic E-state index is 12.6. The highest BCUT2D eigenvalue weighted by atomic mass is 32.2. The molecule has 0 saturated carbocycles. The molecule has 0 aliphatic rings. The van der Waals surface area contributed by atoms with Crippen molar-refractivity contribution in [3.8, 4) is 0 Å². The Morgan fingerprint density at radius 2 is 1.19 bits per heavy atom. The molecular formula is C30H32O6S. The van der Waals surface area contributed by atoms with Crippen LogP contribution in [-0.2, 0) is 34.2 Å². The van der Waals surface area contributed by atoms with E-state index < -0.39 is 30.1 Å². The van der Waals surface area contributed by atoms with Gasteiger partial charge in [-0.05, 0) is 16.7 Å². The number of carbonyl (C=O) groups excluding carboxylic acids is 3. The average Bonchev–Trinajstić information content (AvgIpc) is 2.88. The Hall–Kier alpha value is -3.42. The van der Waals surface area contributed by atoms with Gasteiger partial charge in [0.15, 0.2) is 0 Å². The average molecular weight is 521 g/mol. The summed E-state index contributed by atoms with van der Waals surface area (Å²) in [6.45, 7) is 5.34. The van der Waals surface area contributed by atoms with Crippen LogP contribution in [0.5, 0.6) is 0 Å². The first-order valence-electron chi connectivity index (χ1n) is 12.0. The van der Waals surface area contributed by atoms with E-state index in [9.17, 15) is 14.4 Å². The molecule has 0 saturated heterocycles. The largest absolute Gasteiger partial charge is 0.466 e. The van der Waals surface area contributed by atoms with E-state index in [-0.39, 0.29) is 16.5 Å². The summed E-state index contributed by atoms with van der Waals surface area (Å²) in [7, 11) is 1.21. The number of thioether (sulfide) groups is 1. The smallest absolute Gasteiger partial charge is 0.349 e. The third-order valence-electron chi connectivity index (χ3n) is 5.44. The number of hydrogen-bond donors (Lipinski definition) is 0. The standard InChI is InChI=1S/C30H32O6S/c1-29(2,3)37-27(32)20-26(31)36-25(28(33)34-4)21-35-30(22-14-8-5-9-15-22,23-16-10-6-11-17-23)24-18-12-7-13-19-24/h5-19,25H,20-21H2,1-4H3/t25-/m1/s1. The Bertz CT molecular complexity index is 1080. The summed E-state index contributed by atoms with van der Waals surface area (Å²) in [6.07, 6.45) is -1.82. The summed E-state index contributed by atoms with van der Waals surface area (Å²) in [5.41, 5.74) is 1.39. The molecule has 37 heavy (non-hydrogen) atoms. The molecule has 0 unspecified atom stereocenters. The lowest BCUT2D eigenvalue weighted by atomic mass is 9.80. The van der Waals surface area contributed by atoms with Crippen LogP contribution in [0.15, 0.2) is 91.0 Å². The minimum absolute atomic E-state index is 0.294. The van der Waals surface area contributed by atoms with Gasteiger partial charge in [-0.2, -0.15) is 0 Å². The molecule has 1 atom stereocenters. The second kappa shape index (κ2) is 12.7. The Kier molecular flexibility index (Phi) is 9.66. The molecule has 0 aliphatic heterocycles. The molecule has 3 rings (SSSR count). The number of carbonyl (C=O) groups is 3. The predicted octanol–water partition coefficient (Wildman–Crippen LogP) is 5.53. The molecular weight excluding hydrogens is 488 g/mol. The third-order valence-corrected chi connectivity index (χ3v) is 6.42. The van der Waals surface area contributed by atoms with Crippen LogP contribution in [0.2, 0.25) is 0 Å². The molecule has 0 aliphatic carbocycles. The van der Waals surface area contributed by atoms with E-state index in [1.165, 1.54) is 7.11 Å². The first-order valence-corrected chi connectivity index (χ1v) is 12.8. The number of methoxy groups -OCH3 is 1. The molecule has 0 bridgehead atoms. The van der Waals surface area contributed by atoms with Crippen molar-refractivity contribution in [3.63, 3.8) is 0 Å². The van der Waals surface area contributed by atoms with Gasteiger partial charge < -0.3 is 14.2 Å². The third kappa shape index (κ3) is 7.54. The zero-order valence-electron chi connectivity index (χ0n) is 21.5. The van der Waals surface area contributed by atoms with Gasteiger partial charge in [-0.15, -0.1) is 0 Å². The lowest BCUT2D eigenvalue weighted by molar-refractivity contribution is -0.173. The molecule has 0 spiro atoms. The highest BCUT2D eigenvalue weighted by molar-refractivity contribution is 8.14. The van der Waals surface area contributed by atoms with Crippen LogP contribution in [0.25, 0.3) is 0 Å². The lowest BCUT2D eigenvalue weighted by Gasteiger charge is -2.36. The van der Waals surface area contributed by atoms with E-state index in [0.29, 0.717) is 0 Å². The SMILES string of the molecule is COC(=O)[C@@H](COC(c1ccccc1)(c1ccccc1)c1ccccc1)OC(=O)CC(=O)SC(C)(C)C. The van der Waals surface area contributed by atoms with Crippen LogP contribution >= 0.6 is 11.8 Å².